The summed E-state index contributed by atoms with van der Waals surface area (Å²) >= 11 is 0. The number of carbonyl (C=O) groups excluding carboxylic acids is 1. The molecule has 1 saturated carbocycles. The number of nitrogens with one attached hydrogen (secondary N) is 1. The van der Waals surface area contributed by atoms with Crippen LogP contribution in [0.3, 0.4) is 0 Å². The standard InChI is InChI=1S/C18H20N2O5/c1-24-16-9-12(6-7-15(16)25-11-17(21)22)8-13(10-19)18(23)20-14-4-2-3-5-14/h6-9,14H,2-5,11H2,1H3,(H,20,23)(H,21,22)/b13-8-. The van der Waals surface area contributed by atoms with Crippen molar-refractivity contribution >= 4 is 18.0 Å². The number of carboxylic acids is 1. The van der Waals surface area contributed by atoms with E-state index in [-0.39, 0.29) is 23.3 Å². The average molecular weight is 344 g/mol. The Labute approximate surface area is 145 Å². The van der Waals surface area contributed by atoms with E-state index in [4.69, 9.17) is 14.6 Å². The molecule has 1 fully saturated rings. The molecule has 0 aromatic heterocycles. The lowest BCUT2D eigenvalue weighted by molar-refractivity contribution is -0.139. The van der Waals surface area contributed by atoms with Crippen LogP contribution >= 0.6 is 0 Å². The second-order valence-electron chi connectivity index (χ2n) is 5.72. The number of rotatable bonds is 7. The SMILES string of the molecule is COc1cc(/C=C(/C#N)C(=O)NC2CCCC2)ccc1OCC(=O)O. The Morgan fingerprint density at radius 3 is 2.68 bits per heavy atom. The molecule has 7 heteroatoms. The topological polar surface area (TPSA) is 109 Å². The van der Waals surface area contributed by atoms with E-state index in [1.807, 2.05) is 6.07 Å². The van der Waals surface area contributed by atoms with Gasteiger partial charge < -0.3 is 19.9 Å². The number of carbonyl (C=O) groups is 2. The van der Waals surface area contributed by atoms with Gasteiger partial charge in [-0.15, -0.1) is 0 Å². The highest BCUT2D eigenvalue weighted by Gasteiger charge is 2.19. The number of carboxylic acid groups (broad SMARTS) is 1. The van der Waals surface area contributed by atoms with Gasteiger partial charge in [-0.2, -0.15) is 5.26 Å². The summed E-state index contributed by atoms with van der Waals surface area (Å²) in [6.45, 7) is -0.487. The number of aliphatic carboxylic acids is 1. The van der Waals surface area contributed by atoms with E-state index < -0.39 is 12.6 Å². The van der Waals surface area contributed by atoms with Crippen LogP contribution in [0.5, 0.6) is 11.5 Å². The lowest BCUT2D eigenvalue weighted by Crippen LogP contribution is -2.33. The number of ether oxygens (including phenoxy) is 2. The number of hydrogen-bond acceptors (Lipinski definition) is 5. The first-order valence-electron chi connectivity index (χ1n) is 7.98. The summed E-state index contributed by atoms with van der Waals surface area (Å²) in [6.07, 6.45) is 5.52. The molecule has 1 amide bonds. The summed E-state index contributed by atoms with van der Waals surface area (Å²) in [7, 11) is 1.43. The minimum atomic E-state index is -1.10. The molecule has 1 aliphatic rings. The van der Waals surface area contributed by atoms with Crippen LogP contribution in [0, 0.1) is 11.3 Å². The van der Waals surface area contributed by atoms with Crippen LogP contribution in [-0.4, -0.2) is 36.7 Å². The van der Waals surface area contributed by atoms with E-state index in [0.29, 0.717) is 11.3 Å². The molecular formula is C18H20N2O5. The number of nitrogens with zero attached hydrogens (tertiary/aromatic N) is 1. The van der Waals surface area contributed by atoms with Gasteiger partial charge in [-0.1, -0.05) is 18.9 Å². The fraction of sp³-hybridized carbons (Fsp3) is 0.389. The smallest absolute Gasteiger partial charge is 0.341 e. The summed E-state index contributed by atoms with van der Waals surface area (Å²) in [5, 5.41) is 20.8. The number of methoxy groups -OCH3 is 1. The maximum atomic E-state index is 12.2. The van der Waals surface area contributed by atoms with E-state index in [1.54, 1.807) is 12.1 Å². The normalized spacial score (nSPS) is 14.6. The molecule has 1 aromatic carbocycles. The van der Waals surface area contributed by atoms with Crippen LogP contribution in [0.25, 0.3) is 6.08 Å². The van der Waals surface area contributed by atoms with E-state index >= 15 is 0 Å². The Hall–Kier alpha value is -3.01. The van der Waals surface area contributed by atoms with Crippen LogP contribution in [0.2, 0.25) is 0 Å². The molecule has 0 heterocycles. The molecular weight excluding hydrogens is 324 g/mol. The van der Waals surface area contributed by atoms with Gasteiger partial charge in [0.1, 0.15) is 11.6 Å². The zero-order valence-electron chi connectivity index (χ0n) is 13.9. The van der Waals surface area contributed by atoms with Gasteiger partial charge in [-0.25, -0.2) is 4.79 Å². The van der Waals surface area contributed by atoms with Crippen LogP contribution in [0.1, 0.15) is 31.2 Å². The van der Waals surface area contributed by atoms with Gasteiger partial charge in [0, 0.05) is 6.04 Å². The quantitative estimate of drug-likeness (QED) is 0.579. The Bertz CT molecular complexity index is 715. The maximum Gasteiger partial charge on any atom is 0.341 e. The van der Waals surface area contributed by atoms with Gasteiger partial charge in [-0.05, 0) is 36.6 Å². The monoisotopic (exact) mass is 344 g/mol. The van der Waals surface area contributed by atoms with Gasteiger partial charge in [0.25, 0.3) is 5.91 Å². The fourth-order valence-electron chi connectivity index (χ4n) is 2.68. The largest absolute Gasteiger partial charge is 0.493 e. The van der Waals surface area contributed by atoms with Crippen LogP contribution < -0.4 is 14.8 Å². The first kappa shape index (κ1) is 18.3. The number of hydrogen-bond donors (Lipinski definition) is 2. The first-order chi connectivity index (χ1) is 12.0. The van der Waals surface area contributed by atoms with Gasteiger partial charge in [-0.3, -0.25) is 4.79 Å². The average Bonchev–Trinajstić information content (AvgIpc) is 3.10. The molecule has 7 nitrogen and oxygen atoms in total. The van der Waals surface area contributed by atoms with Gasteiger partial charge in [0.2, 0.25) is 0 Å². The summed E-state index contributed by atoms with van der Waals surface area (Å²) in [5.41, 5.74) is 0.589. The minimum Gasteiger partial charge on any atom is -0.493 e. The lowest BCUT2D eigenvalue weighted by atomic mass is 10.1. The minimum absolute atomic E-state index is 0.00755. The third-order valence-corrected chi connectivity index (χ3v) is 3.91. The highest BCUT2D eigenvalue weighted by atomic mass is 16.5. The summed E-state index contributed by atoms with van der Waals surface area (Å²) in [5.74, 6) is -0.889. The highest BCUT2D eigenvalue weighted by Crippen LogP contribution is 2.29. The van der Waals surface area contributed by atoms with Crippen molar-refractivity contribution in [1.29, 1.82) is 5.26 Å². The molecule has 132 valence electrons. The number of nitriles is 1. The number of amides is 1. The molecule has 2 rings (SSSR count). The Morgan fingerprint density at radius 1 is 1.36 bits per heavy atom. The van der Waals surface area contributed by atoms with Gasteiger partial charge in [0.15, 0.2) is 18.1 Å². The summed E-state index contributed by atoms with van der Waals surface area (Å²) < 4.78 is 10.3. The Kier molecular flexibility index (Phi) is 6.40. The molecule has 1 aromatic rings. The Morgan fingerprint density at radius 2 is 2.08 bits per heavy atom. The molecule has 0 atom stereocenters. The Balaban J connectivity index is 2.14. The second-order valence-corrected chi connectivity index (χ2v) is 5.72. The molecule has 0 unspecified atom stereocenters. The van der Waals surface area contributed by atoms with Crippen molar-refractivity contribution in [2.75, 3.05) is 13.7 Å². The van der Waals surface area contributed by atoms with Gasteiger partial charge >= 0.3 is 5.97 Å². The summed E-state index contributed by atoms with van der Waals surface area (Å²) in [6, 6.07) is 6.79. The fourth-order valence-corrected chi connectivity index (χ4v) is 2.68. The zero-order valence-corrected chi connectivity index (χ0v) is 13.9. The maximum absolute atomic E-state index is 12.2. The molecule has 0 bridgehead atoms. The van der Waals surface area contributed by atoms with Crippen LogP contribution in [0.15, 0.2) is 23.8 Å². The second kappa shape index (κ2) is 8.73. The predicted molar refractivity (Wildman–Crippen MR) is 90.1 cm³/mol. The molecule has 0 spiro atoms. The van der Waals surface area contributed by atoms with Crippen molar-refractivity contribution in [1.82, 2.24) is 5.32 Å². The lowest BCUT2D eigenvalue weighted by Gasteiger charge is -2.12. The van der Waals surface area contributed by atoms with E-state index in [0.717, 1.165) is 25.7 Å². The molecule has 1 aliphatic carbocycles. The van der Waals surface area contributed by atoms with E-state index in [9.17, 15) is 14.9 Å². The number of benzene rings is 1. The van der Waals surface area contributed by atoms with Crippen molar-refractivity contribution in [2.24, 2.45) is 0 Å². The molecule has 2 N–H and O–H groups in total. The molecule has 0 saturated heterocycles. The molecule has 0 radical (unpaired) electrons. The third-order valence-electron chi connectivity index (χ3n) is 3.91. The van der Waals surface area contributed by atoms with Crippen molar-refractivity contribution in [3.63, 3.8) is 0 Å². The van der Waals surface area contributed by atoms with Crippen LogP contribution in [0.4, 0.5) is 0 Å². The van der Waals surface area contributed by atoms with Gasteiger partial charge in [0.05, 0.1) is 7.11 Å². The van der Waals surface area contributed by atoms with Crippen molar-refractivity contribution < 1.29 is 24.2 Å². The zero-order chi connectivity index (χ0) is 18.2. The van der Waals surface area contributed by atoms with Crippen molar-refractivity contribution in [2.45, 2.75) is 31.7 Å². The highest BCUT2D eigenvalue weighted by molar-refractivity contribution is 6.01. The first-order valence-corrected chi connectivity index (χ1v) is 7.98. The predicted octanol–water partition coefficient (Wildman–Crippen LogP) is 2.12. The van der Waals surface area contributed by atoms with E-state index in [2.05, 4.69) is 5.32 Å². The third kappa shape index (κ3) is 5.24. The van der Waals surface area contributed by atoms with Crippen molar-refractivity contribution in [3.8, 4) is 17.6 Å². The molecule has 0 aliphatic heterocycles. The van der Waals surface area contributed by atoms with Crippen LogP contribution in [-0.2, 0) is 9.59 Å². The van der Waals surface area contributed by atoms with E-state index in [1.165, 1.54) is 19.3 Å². The van der Waals surface area contributed by atoms with Crippen molar-refractivity contribution in [3.05, 3.63) is 29.3 Å². The summed E-state index contributed by atoms with van der Waals surface area (Å²) in [4.78, 5) is 22.8. The molecule has 25 heavy (non-hydrogen) atoms.